The first kappa shape index (κ1) is 14.2. The van der Waals surface area contributed by atoms with Crippen LogP contribution in [0.1, 0.15) is 21.6 Å². The van der Waals surface area contributed by atoms with Gasteiger partial charge in [-0.05, 0) is 28.5 Å². The molecule has 120 valence electrons. The van der Waals surface area contributed by atoms with Gasteiger partial charge in [0.25, 0.3) is 5.91 Å². The van der Waals surface area contributed by atoms with Gasteiger partial charge in [-0.15, -0.1) is 5.10 Å². The molecule has 0 bridgehead atoms. The highest BCUT2D eigenvalue weighted by Gasteiger charge is 2.23. The van der Waals surface area contributed by atoms with Crippen LogP contribution >= 0.6 is 0 Å². The van der Waals surface area contributed by atoms with Crippen LogP contribution in [0.25, 0.3) is 5.69 Å². The summed E-state index contributed by atoms with van der Waals surface area (Å²) in [6.45, 7) is 0.990. The van der Waals surface area contributed by atoms with Gasteiger partial charge in [-0.3, -0.25) is 9.78 Å². The van der Waals surface area contributed by atoms with Crippen LogP contribution in [-0.2, 0) is 13.0 Å². The molecule has 0 spiro atoms. The van der Waals surface area contributed by atoms with Gasteiger partial charge in [0.05, 0.1) is 29.7 Å². The minimum Gasteiger partial charge on any atom is -0.368 e. The molecule has 0 atom stereocenters. The quantitative estimate of drug-likeness (QED) is 0.676. The molecule has 0 aromatic carbocycles. The molecule has 0 saturated heterocycles. The number of tetrazole rings is 1. The van der Waals surface area contributed by atoms with Gasteiger partial charge < -0.3 is 10.6 Å². The lowest BCUT2D eigenvalue weighted by atomic mass is 10.1. The minimum atomic E-state index is -0.125. The zero-order valence-electron chi connectivity index (χ0n) is 12.6. The standard InChI is InChI=1S/C14H13N9O/c15-14-17-5-9-1-2-22(7-12(9)19-14)13(24)10-3-11(6-16-4-10)23-8-18-20-21-23/h3-6,8H,1-2,7H2,(H2,15,17,19). The van der Waals surface area contributed by atoms with E-state index in [1.807, 2.05) is 0 Å². The summed E-state index contributed by atoms with van der Waals surface area (Å²) in [5.41, 5.74) is 8.52. The van der Waals surface area contributed by atoms with E-state index in [9.17, 15) is 4.79 Å². The van der Waals surface area contributed by atoms with Crippen LogP contribution < -0.4 is 5.73 Å². The van der Waals surface area contributed by atoms with Crippen molar-refractivity contribution < 1.29 is 4.79 Å². The Balaban J connectivity index is 1.60. The monoisotopic (exact) mass is 323 g/mol. The fourth-order valence-electron chi connectivity index (χ4n) is 2.62. The number of carbonyl (C=O) groups is 1. The lowest BCUT2D eigenvalue weighted by Gasteiger charge is -2.28. The van der Waals surface area contributed by atoms with Crippen LogP contribution in [0.4, 0.5) is 5.95 Å². The van der Waals surface area contributed by atoms with Gasteiger partial charge in [0.2, 0.25) is 5.95 Å². The number of carbonyl (C=O) groups excluding carboxylic acids is 1. The topological polar surface area (TPSA) is 129 Å². The Labute approximate surface area is 136 Å². The van der Waals surface area contributed by atoms with E-state index in [0.717, 1.165) is 11.3 Å². The average Bonchev–Trinajstić information content (AvgIpc) is 3.15. The number of anilines is 1. The highest BCUT2D eigenvalue weighted by molar-refractivity contribution is 5.94. The van der Waals surface area contributed by atoms with Gasteiger partial charge >= 0.3 is 0 Å². The average molecular weight is 323 g/mol. The van der Waals surface area contributed by atoms with E-state index >= 15 is 0 Å². The number of fused-ring (bicyclic) bond motifs is 1. The van der Waals surface area contributed by atoms with Gasteiger partial charge in [-0.25, -0.2) is 9.97 Å². The first-order valence-electron chi connectivity index (χ1n) is 7.28. The highest BCUT2D eigenvalue weighted by atomic mass is 16.2. The van der Waals surface area contributed by atoms with Crippen molar-refractivity contribution in [1.29, 1.82) is 0 Å². The van der Waals surface area contributed by atoms with E-state index in [1.54, 1.807) is 23.4 Å². The number of hydrogen-bond acceptors (Lipinski definition) is 8. The van der Waals surface area contributed by atoms with E-state index in [4.69, 9.17) is 5.73 Å². The third-order valence-corrected chi connectivity index (χ3v) is 3.84. The summed E-state index contributed by atoms with van der Waals surface area (Å²) >= 11 is 0. The third-order valence-electron chi connectivity index (χ3n) is 3.84. The van der Waals surface area contributed by atoms with E-state index in [1.165, 1.54) is 17.2 Å². The number of nitrogens with zero attached hydrogens (tertiary/aromatic N) is 8. The van der Waals surface area contributed by atoms with E-state index in [-0.39, 0.29) is 11.9 Å². The summed E-state index contributed by atoms with van der Waals surface area (Å²) in [5.74, 6) is 0.0886. The minimum absolute atomic E-state index is 0.125. The Morgan fingerprint density at radius 1 is 1.25 bits per heavy atom. The molecule has 10 nitrogen and oxygen atoms in total. The first-order valence-corrected chi connectivity index (χ1v) is 7.28. The van der Waals surface area contributed by atoms with Crippen LogP contribution in [0.15, 0.2) is 31.0 Å². The molecule has 3 aromatic heterocycles. The number of nitrogen functional groups attached to an aromatic ring is 1. The Morgan fingerprint density at radius 3 is 3.00 bits per heavy atom. The smallest absolute Gasteiger partial charge is 0.255 e. The lowest BCUT2D eigenvalue weighted by Crippen LogP contribution is -2.36. The van der Waals surface area contributed by atoms with Crippen molar-refractivity contribution >= 4 is 11.9 Å². The summed E-state index contributed by atoms with van der Waals surface area (Å²) in [6, 6.07) is 1.70. The SMILES string of the molecule is Nc1ncc2c(n1)CN(C(=O)c1cncc(-n3cnnn3)c1)CC2. The van der Waals surface area contributed by atoms with Gasteiger partial charge in [0.1, 0.15) is 6.33 Å². The summed E-state index contributed by atoms with van der Waals surface area (Å²) in [5, 5.41) is 11.0. The summed E-state index contributed by atoms with van der Waals surface area (Å²) in [7, 11) is 0. The second-order valence-electron chi connectivity index (χ2n) is 5.36. The van der Waals surface area contributed by atoms with Crippen LogP contribution in [0.5, 0.6) is 0 Å². The fraction of sp³-hybridized carbons (Fsp3) is 0.214. The Hall–Kier alpha value is -3.43. The third kappa shape index (κ3) is 2.53. The maximum atomic E-state index is 12.8. The summed E-state index contributed by atoms with van der Waals surface area (Å²) in [6.07, 6.45) is 6.98. The largest absolute Gasteiger partial charge is 0.368 e. The molecule has 0 unspecified atom stereocenters. The molecule has 24 heavy (non-hydrogen) atoms. The zero-order chi connectivity index (χ0) is 16.5. The predicted octanol–water partition coefficient (Wildman–Crippen LogP) is -0.372. The molecule has 1 aliphatic heterocycles. The molecule has 0 aliphatic carbocycles. The second-order valence-corrected chi connectivity index (χ2v) is 5.36. The van der Waals surface area contributed by atoms with E-state index in [2.05, 4.69) is 30.5 Å². The molecule has 2 N–H and O–H groups in total. The number of nitrogens with two attached hydrogens (primary N) is 1. The molecule has 4 rings (SSSR count). The number of amides is 1. The van der Waals surface area contributed by atoms with Crippen LogP contribution in [-0.4, -0.2) is 52.5 Å². The predicted molar refractivity (Wildman–Crippen MR) is 81.8 cm³/mol. The molecule has 0 fully saturated rings. The zero-order valence-corrected chi connectivity index (χ0v) is 12.6. The fourth-order valence-corrected chi connectivity index (χ4v) is 2.62. The molecular weight excluding hydrogens is 310 g/mol. The Kier molecular flexibility index (Phi) is 3.34. The van der Waals surface area contributed by atoms with E-state index in [0.29, 0.717) is 30.8 Å². The van der Waals surface area contributed by atoms with Crippen molar-refractivity contribution in [2.75, 3.05) is 12.3 Å². The Bertz CT molecular complexity index is 893. The molecule has 1 aliphatic rings. The van der Waals surface area contributed by atoms with Crippen LogP contribution in [0, 0.1) is 0 Å². The normalized spacial score (nSPS) is 13.6. The first-order chi connectivity index (χ1) is 11.7. The van der Waals surface area contributed by atoms with Gasteiger partial charge in [0, 0.05) is 18.9 Å². The van der Waals surface area contributed by atoms with Gasteiger partial charge in [0.15, 0.2) is 0 Å². The molecule has 0 radical (unpaired) electrons. The van der Waals surface area contributed by atoms with Gasteiger partial charge in [-0.2, -0.15) is 4.68 Å². The summed E-state index contributed by atoms with van der Waals surface area (Å²) in [4.78, 5) is 26.8. The van der Waals surface area contributed by atoms with Crippen molar-refractivity contribution in [3.8, 4) is 5.69 Å². The van der Waals surface area contributed by atoms with Crippen molar-refractivity contribution in [3.05, 3.63) is 47.8 Å². The number of rotatable bonds is 2. The molecular formula is C14H13N9O. The number of pyridine rings is 1. The van der Waals surface area contributed by atoms with Crippen molar-refractivity contribution in [1.82, 2.24) is 40.1 Å². The maximum absolute atomic E-state index is 12.8. The van der Waals surface area contributed by atoms with Crippen LogP contribution in [0.2, 0.25) is 0 Å². The second kappa shape index (κ2) is 5.65. The summed E-state index contributed by atoms with van der Waals surface area (Å²) < 4.78 is 1.45. The molecule has 4 heterocycles. The number of hydrogen-bond donors (Lipinski definition) is 1. The molecule has 3 aromatic rings. The van der Waals surface area contributed by atoms with Crippen molar-refractivity contribution in [2.45, 2.75) is 13.0 Å². The lowest BCUT2D eigenvalue weighted by molar-refractivity contribution is 0.0731. The van der Waals surface area contributed by atoms with E-state index < -0.39 is 0 Å². The highest BCUT2D eigenvalue weighted by Crippen LogP contribution is 2.19. The molecule has 0 saturated carbocycles. The maximum Gasteiger partial charge on any atom is 0.255 e. The Morgan fingerprint density at radius 2 is 2.17 bits per heavy atom. The van der Waals surface area contributed by atoms with Crippen molar-refractivity contribution in [2.24, 2.45) is 0 Å². The number of aromatic nitrogens is 7. The van der Waals surface area contributed by atoms with Crippen LogP contribution in [0.3, 0.4) is 0 Å². The molecule has 1 amide bonds. The van der Waals surface area contributed by atoms with Crippen molar-refractivity contribution in [3.63, 3.8) is 0 Å². The van der Waals surface area contributed by atoms with Gasteiger partial charge in [-0.1, -0.05) is 0 Å². The molecule has 10 heteroatoms.